The minimum absolute atomic E-state index is 0.230. The molecule has 0 aromatic heterocycles. The van der Waals surface area contributed by atoms with Crippen LogP contribution in [0, 0.1) is 13.8 Å². The lowest BCUT2D eigenvalue weighted by Crippen LogP contribution is -2.08. The third-order valence-corrected chi connectivity index (χ3v) is 2.86. The predicted molar refractivity (Wildman–Crippen MR) is 69.1 cm³/mol. The van der Waals surface area contributed by atoms with E-state index in [1.165, 1.54) is 16.7 Å². The van der Waals surface area contributed by atoms with Crippen LogP contribution in [-0.2, 0) is 6.42 Å². The summed E-state index contributed by atoms with van der Waals surface area (Å²) in [5, 5.41) is 0. The molecule has 2 N–H and O–H groups in total. The highest BCUT2D eigenvalue weighted by molar-refractivity contribution is 5.43. The van der Waals surface area contributed by atoms with Gasteiger partial charge in [-0.05, 0) is 69.8 Å². The molecular weight excluding hydrogens is 198 g/mol. The zero-order chi connectivity index (χ0) is 12.1. The summed E-state index contributed by atoms with van der Waals surface area (Å²) in [5.74, 6) is 1.00. The minimum Gasteiger partial charge on any atom is -0.491 e. The number of ether oxygens (including phenoxy) is 1. The Kier molecular flexibility index (Phi) is 4.81. The average Bonchev–Trinajstić information content (AvgIpc) is 2.23. The zero-order valence-electron chi connectivity index (χ0n) is 10.8. The molecule has 2 heteroatoms. The van der Waals surface area contributed by atoms with E-state index in [0.29, 0.717) is 0 Å². The maximum atomic E-state index is 5.76. The maximum absolute atomic E-state index is 5.76. The summed E-state index contributed by atoms with van der Waals surface area (Å²) in [5.41, 5.74) is 9.52. The molecule has 90 valence electrons. The Labute approximate surface area is 98.8 Å². The minimum atomic E-state index is 0.230. The first-order valence-corrected chi connectivity index (χ1v) is 6.02. The van der Waals surface area contributed by atoms with Crippen molar-refractivity contribution in [3.8, 4) is 5.75 Å². The Balaban J connectivity index is 2.89. The third kappa shape index (κ3) is 3.24. The van der Waals surface area contributed by atoms with Crippen LogP contribution >= 0.6 is 0 Å². The van der Waals surface area contributed by atoms with Gasteiger partial charge in [-0.1, -0.05) is 6.07 Å². The second-order valence-electron chi connectivity index (χ2n) is 4.53. The van der Waals surface area contributed by atoms with Gasteiger partial charge in [0.15, 0.2) is 0 Å². The van der Waals surface area contributed by atoms with Crippen LogP contribution in [0.25, 0.3) is 0 Å². The van der Waals surface area contributed by atoms with Crippen LogP contribution in [-0.4, -0.2) is 12.6 Å². The molecule has 0 radical (unpaired) electrons. The van der Waals surface area contributed by atoms with Crippen LogP contribution in [0.4, 0.5) is 0 Å². The molecule has 0 aliphatic carbocycles. The highest BCUT2D eigenvalue weighted by Gasteiger charge is 2.08. The number of aryl methyl sites for hydroxylation is 1. The molecule has 1 aromatic carbocycles. The third-order valence-electron chi connectivity index (χ3n) is 2.86. The highest BCUT2D eigenvalue weighted by Crippen LogP contribution is 2.25. The predicted octanol–water partition coefficient (Wildman–Crippen LogP) is 2.98. The van der Waals surface area contributed by atoms with Crippen molar-refractivity contribution in [2.24, 2.45) is 5.73 Å². The Bertz CT molecular complexity index is 345. The second kappa shape index (κ2) is 5.90. The van der Waals surface area contributed by atoms with E-state index in [1.807, 2.05) is 0 Å². The van der Waals surface area contributed by atoms with Gasteiger partial charge >= 0.3 is 0 Å². The fraction of sp³-hybridized carbons (Fsp3) is 0.571. The molecule has 0 fully saturated rings. The standard InChI is InChI=1S/C14H23NO/c1-10(2)16-14-8-7-13(6-5-9-15)11(3)12(14)4/h7-8,10H,5-6,9,15H2,1-4H3. The lowest BCUT2D eigenvalue weighted by Gasteiger charge is -2.16. The summed E-state index contributed by atoms with van der Waals surface area (Å²) in [6.45, 7) is 9.14. The molecule has 0 atom stereocenters. The summed E-state index contributed by atoms with van der Waals surface area (Å²) >= 11 is 0. The van der Waals surface area contributed by atoms with E-state index >= 15 is 0 Å². The molecule has 0 bridgehead atoms. The molecule has 0 aliphatic heterocycles. The van der Waals surface area contributed by atoms with E-state index in [-0.39, 0.29) is 6.10 Å². The molecule has 0 heterocycles. The second-order valence-corrected chi connectivity index (χ2v) is 4.53. The van der Waals surface area contributed by atoms with E-state index < -0.39 is 0 Å². The fourth-order valence-corrected chi connectivity index (χ4v) is 1.80. The lowest BCUT2D eigenvalue weighted by molar-refractivity contribution is 0.240. The quantitative estimate of drug-likeness (QED) is 0.829. The summed E-state index contributed by atoms with van der Waals surface area (Å²) in [6.07, 6.45) is 2.34. The largest absolute Gasteiger partial charge is 0.491 e. The number of hydrogen-bond acceptors (Lipinski definition) is 2. The van der Waals surface area contributed by atoms with Crippen molar-refractivity contribution >= 4 is 0 Å². The first kappa shape index (κ1) is 13.0. The van der Waals surface area contributed by atoms with Crippen molar-refractivity contribution in [1.82, 2.24) is 0 Å². The molecule has 0 saturated carbocycles. The first-order valence-electron chi connectivity index (χ1n) is 6.02. The van der Waals surface area contributed by atoms with E-state index in [4.69, 9.17) is 10.5 Å². The van der Waals surface area contributed by atoms with Crippen molar-refractivity contribution in [2.45, 2.75) is 46.6 Å². The molecular formula is C14H23NO. The summed E-state index contributed by atoms with van der Waals surface area (Å²) in [7, 11) is 0. The Morgan fingerprint density at radius 3 is 2.44 bits per heavy atom. The number of benzene rings is 1. The molecule has 1 aromatic rings. The van der Waals surface area contributed by atoms with Gasteiger partial charge in [0, 0.05) is 0 Å². The van der Waals surface area contributed by atoms with Gasteiger partial charge in [-0.25, -0.2) is 0 Å². The van der Waals surface area contributed by atoms with Gasteiger partial charge in [0.05, 0.1) is 6.10 Å². The van der Waals surface area contributed by atoms with Gasteiger partial charge in [0.2, 0.25) is 0 Å². The zero-order valence-corrected chi connectivity index (χ0v) is 10.8. The normalized spacial score (nSPS) is 10.9. The van der Waals surface area contributed by atoms with Gasteiger partial charge < -0.3 is 10.5 Å². The van der Waals surface area contributed by atoms with Crippen molar-refractivity contribution < 1.29 is 4.74 Å². The summed E-state index contributed by atoms with van der Waals surface area (Å²) < 4.78 is 5.76. The van der Waals surface area contributed by atoms with Gasteiger partial charge in [-0.15, -0.1) is 0 Å². The van der Waals surface area contributed by atoms with E-state index in [2.05, 4.69) is 39.8 Å². The Morgan fingerprint density at radius 1 is 1.19 bits per heavy atom. The molecule has 1 rings (SSSR count). The number of hydrogen-bond donors (Lipinski definition) is 1. The SMILES string of the molecule is Cc1c(CCCN)ccc(OC(C)C)c1C. The smallest absolute Gasteiger partial charge is 0.122 e. The van der Waals surface area contributed by atoms with Crippen LogP contribution in [0.5, 0.6) is 5.75 Å². The molecule has 2 nitrogen and oxygen atoms in total. The van der Waals surface area contributed by atoms with Crippen LogP contribution in [0.3, 0.4) is 0 Å². The van der Waals surface area contributed by atoms with Crippen LogP contribution in [0.15, 0.2) is 12.1 Å². The Hall–Kier alpha value is -1.02. The van der Waals surface area contributed by atoms with Crippen molar-refractivity contribution in [2.75, 3.05) is 6.54 Å². The topological polar surface area (TPSA) is 35.2 Å². The molecule has 0 saturated heterocycles. The van der Waals surface area contributed by atoms with Crippen molar-refractivity contribution in [3.63, 3.8) is 0 Å². The molecule has 0 unspecified atom stereocenters. The van der Waals surface area contributed by atoms with Crippen molar-refractivity contribution in [1.29, 1.82) is 0 Å². The number of rotatable bonds is 5. The van der Waals surface area contributed by atoms with Gasteiger partial charge in [-0.2, -0.15) is 0 Å². The van der Waals surface area contributed by atoms with Gasteiger partial charge in [0.25, 0.3) is 0 Å². The van der Waals surface area contributed by atoms with Crippen LogP contribution < -0.4 is 10.5 Å². The molecule has 0 aliphatic rings. The van der Waals surface area contributed by atoms with Crippen LogP contribution in [0.1, 0.15) is 37.0 Å². The van der Waals surface area contributed by atoms with Gasteiger partial charge in [-0.3, -0.25) is 0 Å². The van der Waals surface area contributed by atoms with E-state index in [1.54, 1.807) is 0 Å². The summed E-state index contributed by atoms with van der Waals surface area (Å²) in [6, 6.07) is 4.24. The first-order chi connectivity index (χ1) is 7.56. The van der Waals surface area contributed by atoms with E-state index in [0.717, 1.165) is 25.1 Å². The number of nitrogens with two attached hydrogens (primary N) is 1. The van der Waals surface area contributed by atoms with Crippen molar-refractivity contribution in [3.05, 3.63) is 28.8 Å². The Morgan fingerprint density at radius 2 is 1.88 bits per heavy atom. The molecule has 0 spiro atoms. The van der Waals surface area contributed by atoms with Crippen LogP contribution in [0.2, 0.25) is 0 Å². The average molecular weight is 221 g/mol. The van der Waals surface area contributed by atoms with Gasteiger partial charge in [0.1, 0.15) is 5.75 Å². The monoisotopic (exact) mass is 221 g/mol. The summed E-state index contributed by atoms with van der Waals surface area (Å²) in [4.78, 5) is 0. The lowest BCUT2D eigenvalue weighted by atomic mass is 9.99. The fourth-order valence-electron chi connectivity index (χ4n) is 1.80. The molecule has 16 heavy (non-hydrogen) atoms. The highest BCUT2D eigenvalue weighted by atomic mass is 16.5. The molecule has 0 amide bonds. The van der Waals surface area contributed by atoms with E-state index in [9.17, 15) is 0 Å². The maximum Gasteiger partial charge on any atom is 0.122 e.